The van der Waals surface area contributed by atoms with Gasteiger partial charge in [0, 0.05) is 13.6 Å². The van der Waals surface area contributed by atoms with Crippen molar-refractivity contribution in [1.29, 1.82) is 0 Å². The van der Waals surface area contributed by atoms with Crippen LogP contribution >= 0.6 is 11.8 Å². The minimum absolute atomic E-state index is 0.0797. The molecule has 6 nitrogen and oxygen atoms in total. The van der Waals surface area contributed by atoms with E-state index in [2.05, 4.69) is 41.5 Å². The lowest BCUT2D eigenvalue weighted by Gasteiger charge is -2.21. The van der Waals surface area contributed by atoms with Gasteiger partial charge in [0.2, 0.25) is 11.1 Å². The van der Waals surface area contributed by atoms with Crippen LogP contribution in [0.5, 0.6) is 0 Å². The second-order valence-electron chi connectivity index (χ2n) is 7.20. The second-order valence-corrected chi connectivity index (χ2v) is 8.51. The lowest BCUT2D eigenvalue weighted by atomic mass is 10.0. The summed E-state index contributed by atoms with van der Waals surface area (Å²) in [7, 11) is 1.71. The van der Waals surface area contributed by atoms with Crippen molar-refractivity contribution in [3.05, 3.63) is 65.5 Å². The molecule has 3 aromatic rings. The fourth-order valence-corrected chi connectivity index (χ4v) is 3.84. The molecule has 1 amide bonds. The molecule has 8 heteroatoms. The Morgan fingerprint density at radius 2 is 1.90 bits per heavy atom. The Morgan fingerprint density at radius 1 is 1.17 bits per heavy atom. The summed E-state index contributed by atoms with van der Waals surface area (Å²) in [4.78, 5) is 14.3. The van der Waals surface area contributed by atoms with Gasteiger partial charge in [-0.25, -0.2) is 4.39 Å². The average Bonchev–Trinajstić information content (AvgIpc) is 3.15. The molecule has 3 rings (SSSR count). The van der Waals surface area contributed by atoms with Crippen molar-refractivity contribution in [3.63, 3.8) is 0 Å². The van der Waals surface area contributed by atoms with Crippen molar-refractivity contribution in [2.75, 3.05) is 7.05 Å². The van der Waals surface area contributed by atoms with Gasteiger partial charge in [-0.2, -0.15) is 4.68 Å². The number of nitrogens with zero attached hydrogens (tertiary/aromatic N) is 5. The molecule has 0 bridgehead atoms. The van der Waals surface area contributed by atoms with E-state index in [1.165, 1.54) is 29.5 Å². The molecule has 0 saturated heterocycles. The highest BCUT2D eigenvalue weighted by Gasteiger charge is 2.22. The maximum atomic E-state index is 13.4. The number of tetrazole rings is 1. The number of amides is 1. The third kappa shape index (κ3) is 5.20. The number of aromatic nitrogens is 4. The van der Waals surface area contributed by atoms with Crippen molar-refractivity contribution in [1.82, 2.24) is 25.1 Å². The quantitative estimate of drug-likeness (QED) is 0.547. The maximum absolute atomic E-state index is 13.4. The van der Waals surface area contributed by atoms with Crippen LogP contribution in [0.3, 0.4) is 0 Å². The molecule has 0 aliphatic carbocycles. The molecule has 2 aromatic carbocycles. The zero-order valence-electron chi connectivity index (χ0n) is 16.9. The van der Waals surface area contributed by atoms with Crippen molar-refractivity contribution in [2.45, 2.75) is 43.6 Å². The van der Waals surface area contributed by atoms with E-state index in [0.717, 1.165) is 11.3 Å². The van der Waals surface area contributed by atoms with E-state index >= 15 is 0 Å². The third-order valence-corrected chi connectivity index (χ3v) is 5.58. The van der Waals surface area contributed by atoms with Crippen LogP contribution < -0.4 is 0 Å². The zero-order chi connectivity index (χ0) is 21.0. The van der Waals surface area contributed by atoms with E-state index in [4.69, 9.17) is 0 Å². The summed E-state index contributed by atoms with van der Waals surface area (Å²) >= 11 is 1.29. The summed E-state index contributed by atoms with van der Waals surface area (Å²) in [5, 5.41) is 12.1. The molecule has 1 aromatic heterocycles. The van der Waals surface area contributed by atoms with Crippen LogP contribution in [0.2, 0.25) is 0 Å². The van der Waals surface area contributed by atoms with E-state index in [0.29, 0.717) is 17.6 Å². The number of carbonyl (C=O) groups is 1. The Hall–Kier alpha value is -2.74. The molecule has 0 saturated carbocycles. The molecule has 0 fully saturated rings. The van der Waals surface area contributed by atoms with Gasteiger partial charge in [0.25, 0.3) is 0 Å². The van der Waals surface area contributed by atoms with E-state index in [1.54, 1.807) is 28.8 Å². The predicted molar refractivity (Wildman–Crippen MR) is 111 cm³/mol. The van der Waals surface area contributed by atoms with Crippen molar-refractivity contribution >= 4 is 17.7 Å². The summed E-state index contributed by atoms with van der Waals surface area (Å²) in [5.74, 6) is 0.0513. The first-order valence-electron chi connectivity index (χ1n) is 9.40. The molecule has 0 spiro atoms. The summed E-state index contributed by atoms with van der Waals surface area (Å²) in [6.07, 6.45) is 0. The topological polar surface area (TPSA) is 63.9 Å². The molecule has 0 aliphatic rings. The first-order chi connectivity index (χ1) is 13.8. The first kappa shape index (κ1) is 21.0. The van der Waals surface area contributed by atoms with Gasteiger partial charge in [0.15, 0.2) is 0 Å². The number of thioether (sulfide) groups is 1. The summed E-state index contributed by atoms with van der Waals surface area (Å²) in [5.41, 5.74) is 2.82. The molecular formula is C21H24FN5OS. The number of hydrogen-bond donors (Lipinski definition) is 0. The second kappa shape index (κ2) is 9.17. The first-order valence-corrected chi connectivity index (χ1v) is 10.3. The number of rotatable bonds is 7. The van der Waals surface area contributed by atoms with Gasteiger partial charge in [-0.15, -0.1) is 5.10 Å². The van der Waals surface area contributed by atoms with Gasteiger partial charge in [-0.1, -0.05) is 49.9 Å². The van der Waals surface area contributed by atoms with E-state index < -0.39 is 5.25 Å². The van der Waals surface area contributed by atoms with Crippen LogP contribution in [0.25, 0.3) is 5.69 Å². The van der Waals surface area contributed by atoms with E-state index in [9.17, 15) is 9.18 Å². The van der Waals surface area contributed by atoms with Gasteiger partial charge in [0.1, 0.15) is 5.82 Å². The lowest BCUT2D eigenvalue weighted by molar-refractivity contribution is -0.129. The van der Waals surface area contributed by atoms with Crippen LogP contribution in [0.15, 0.2) is 53.7 Å². The van der Waals surface area contributed by atoms with Gasteiger partial charge in [-0.05, 0) is 58.7 Å². The standard InChI is InChI=1S/C21H24FN5OS/c1-14(2)17-8-10-19(11-9-17)27-21(23-24-25-27)29-15(3)20(28)26(4)13-16-6-5-7-18(22)12-16/h5-12,14-15H,13H2,1-4H3/t15-/m1/s1. The van der Waals surface area contributed by atoms with Gasteiger partial charge < -0.3 is 4.90 Å². The van der Waals surface area contributed by atoms with Crippen LogP contribution in [0.1, 0.15) is 37.8 Å². The Labute approximate surface area is 174 Å². The lowest BCUT2D eigenvalue weighted by Crippen LogP contribution is -2.33. The predicted octanol–water partition coefficient (Wildman–Crippen LogP) is 4.06. The Kier molecular flexibility index (Phi) is 6.64. The van der Waals surface area contributed by atoms with E-state index in [1.807, 2.05) is 19.1 Å². The monoisotopic (exact) mass is 413 g/mol. The van der Waals surface area contributed by atoms with Crippen LogP contribution in [-0.4, -0.2) is 43.3 Å². The molecule has 0 radical (unpaired) electrons. The fourth-order valence-electron chi connectivity index (χ4n) is 2.92. The number of benzene rings is 2. The zero-order valence-corrected chi connectivity index (χ0v) is 17.7. The highest BCUT2D eigenvalue weighted by molar-refractivity contribution is 8.00. The Bertz CT molecular complexity index is 973. The summed E-state index contributed by atoms with van der Waals surface area (Å²) in [6, 6.07) is 14.3. The molecule has 1 atom stereocenters. The normalized spacial score (nSPS) is 12.2. The molecule has 0 unspecified atom stereocenters. The summed E-state index contributed by atoms with van der Waals surface area (Å²) in [6.45, 7) is 6.43. The molecule has 0 N–H and O–H groups in total. The number of hydrogen-bond acceptors (Lipinski definition) is 5. The van der Waals surface area contributed by atoms with Crippen molar-refractivity contribution in [3.8, 4) is 5.69 Å². The van der Waals surface area contributed by atoms with Crippen LogP contribution in [0, 0.1) is 5.82 Å². The maximum Gasteiger partial charge on any atom is 0.235 e. The van der Waals surface area contributed by atoms with Gasteiger partial charge in [-0.3, -0.25) is 4.79 Å². The fraction of sp³-hybridized carbons (Fsp3) is 0.333. The molecule has 29 heavy (non-hydrogen) atoms. The smallest absolute Gasteiger partial charge is 0.235 e. The minimum Gasteiger partial charge on any atom is -0.340 e. The Morgan fingerprint density at radius 3 is 2.55 bits per heavy atom. The highest BCUT2D eigenvalue weighted by Crippen LogP contribution is 2.25. The largest absolute Gasteiger partial charge is 0.340 e. The van der Waals surface area contributed by atoms with Gasteiger partial charge >= 0.3 is 0 Å². The average molecular weight is 414 g/mol. The Balaban J connectivity index is 1.68. The molecular weight excluding hydrogens is 389 g/mol. The van der Waals surface area contributed by atoms with Gasteiger partial charge in [0.05, 0.1) is 10.9 Å². The van der Waals surface area contributed by atoms with E-state index in [-0.39, 0.29) is 11.7 Å². The molecule has 152 valence electrons. The SMILES string of the molecule is CC(C)c1ccc(-n2nnnc2S[C@H](C)C(=O)N(C)Cc2cccc(F)c2)cc1. The van der Waals surface area contributed by atoms with Crippen LogP contribution in [-0.2, 0) is 11.3 Å². The van der Waals surface area contributed by atoms with Crippen molar-refractivity contribution in [2.24, 2.45) is 0 Å². The number of carbonyl (C=O) groups excluding carboxylic acids is 1. The highest BCUT2D eigenvalue weighted by atomic mass is 32.2. The van der Waals surface area contributed by atoms with Crippen molar-refractivity contribution < 1.29 is 9.18 Å². The third-order valence-electron chi connectivity index (χ3n) is 4.56. The number of halogens is 1. The molecule has 1 heterocycles. The summed E-state index contributed by atoms with van der Waals surface area (Å²) < 4.78 is 15.0. The van der Waals surface area contributed by atoms with Crippen LogP contribution in [0.4, 0.5) is 4.39 Å². The minimum atomic E-state index is -0.395. The molecule has 0 aliphatic heterocycles.